The first-order valence-electron chi connectivity index (χ1n) is 11.4. The summed E-state index contributed by atoms with van der Waals surface area (Å²) in [6, 6.07) is 16.5. The summed E-state index contributed by atoms with van der Waals surface area (Å²) in [5, 5.41) is 0. The number of primary amides is 1. The van der Waals surface area contributed by atoms with Gasteiger partial charge in [-0.15, -0.1) is 0 Å². The Labute approximate surface area is 182 Å². The van der Waals surface area contributed by atoms with E-state index < -0.39 is 11.9 Å². The number of para-hydroxylation sites is 2. The fourth-order valence-electron chi connectivity index (χ4n) is 5.61. The van der Waals surface area contributed by atoms with Crippen molar-refractivity contribution in [2.45, 2.75) is 57.2 Å². The van der Waals surface area contributed by atoms with Crippen LogP contribution in [0.25, 0.3) is 11.0 Å². The van der Waals surface area contributed by atoms with E-state index >= 15 is 0 Å². The van der Waals surface area contributed by atoms with E-state index in [4.69, 9.17) is 5.73 Å². The first kappa shape index (κ1) is 20.1. The zero-order valence-electron chi connectivity index (χ0n) is 18.0. The van der Waals surface area contributed by atoms with Crippen LogP contribution >= 0.6 is 0 Å². The highest BCUT2D eigenvalue weighted by molar-refractivity contribution is 5.82. The zero-order valence-corrected chi connectivity index (χ0v) is 18.0. The molecule has 1 aliphatic carbocycles. The monoisotopic (exact) mass is 418 g/mol. The maximum absolute atomic E-state index is 13.4. The lowest BCUT2D eigenvalue weighted by Gasteiger charge is -2.40. The third-order valence-electron chi connectivity index (χ3n) is 7.25. The molecule has 6 heteroatoms. The first-order valence-corrected chi connectivity index (χ1v) is 11.4. The molecule has 1 fully saturated rings. The van der Waals surface area contributed by atoms with Crippen molar-refractivity contribution in [1.29, 1.82) is 0 Å². The van der Waals surface area contributed by atoms with Crippen LogP contribution in [0.15, 0.2) is 53.3 Å². The highest BCUT2D eigenvalue weighted by Gasteiger charge is 2.32. The van der Waals surface area contributed by atoms with Crippen LogP contribution in [0.5, 0.6) is 0 Å². The Morgan fingerprint density at radius 1 is 1.00 bits per heavy atom. The standard InChI is InChI=1S/C25H30N4O2/c1-17(24(26)30)28-22-10-4-5-11-23(22)29(25(28)31)19-13-15-27(16-14-19)21-12-6-8-18-7-2-3-9-20(18)21/h2-5,7,9-11,17,19,21H,6,8,12-16H2,1H3,(H2,26,30). The van der Waals surface area contributed by atoms with Gasteiger partial charge >= 0.3 is 5.69 Å². The molecule has 0 radical (unpaired) electrons. The molecule has 1 aliphatic heterocycles. The molecule has 1 amide bonds. The molecule has 162 valence electrons. The summed E-state index contributed by atoms with van der Waals surface area (Å²) in [6.45, 7) is 3.64. The van der Waals surface area contributed by atoms with E-state index in [9.17, 15) is 9.59 Å². The second-order valence-electron chi connectivity index (χ2n) is 8.96. The summed E-state index contributed by atoms with van der Waals surface area (Å²) >= 11 is 0. The number of amides is 1. The van der Waals surface area contributed by atoms with Crippen molar-refractivity contribution in [2.75, 3.05) is 13.1 Å². The zero-order chi connectivity index (χ0) is 21.5. The Morgan fingerprint density at radius 3 is 2.42 bits per heavy atom. The van der Waals surface area contributed by atoms with Crippen molar-refractivity contribution in [3.63, 3.8) is 0 Å². The number of nitrogens with two attached hydrogens (primary N) is 1. The summed E-state index contributed by atoms with van der Waals surface area (Å²) in [5.74, 6) is -0.490. The van der Waals surface area contributed by atoms with Crippen molar-refractivity contribution in [2.24, 2.45) is 5.73 Å². The lowest BCUT2D eigenvalue weighted by atomic mass is 9.86. The van der Waals surface area contributed by atoms with Crippen molar-refractivity contribution in [3.05, 3.63) is 70.1 Å². The number of nitrogens with zero attached hydrogens (tertiary/aromatic N) is 3. The summed E-state index contributed by atoms with van der Waals surface area (Å²) in [5.41, 5.74) is 10.1. The summed E-state index contributed by atoms with van der Waals surface area (Å²) in [4.78, 5) is 27.8. The molecule has 1 saturated heterocycles. The topological polar surface area (TPSA) is 73.3 Å². The molecule has 0 spiro atoms. The lowest BCUT2D eigenvalue weighted by molar-refractivity contribution is -0.120. The quantitative estimate of drug-likeness (QED) is 0.704. The SMILES string of the molecule is CC(C(N)=O)n1c(=O)n(C2CCN(C3CCCc4ccccc43)CC2)c2ccccc21. The predicted molar refractivity (Wildman–Crippen MR) is 122 cm³/mol. The average Bonchev–Trinajstić information content (AvgIpc) is 3.10. The van der Waals surface area contributed by atoms with Gasteiger partial charge in [-0.25, -0.2) is 4.79 Å². The largest absolute Gasteiger partial charge is 0.368 e. The molecular formula is C25H30N4O2. The van der Waals surface area contributed by atoms with Crippen LogP contribution in [0.2, 0.25) is 0 Å². The highest BCUT2D eigenvalue weighted by atomic mass is 16.2. The Hall–Kier alpha value is -2.86. The van der Waals surface area contributed by atoms with E-state index in [2.05, 4.69) is 29.2 Å². The summed E-state index contributed by atoms with van der Waals surface area (Å²) in [7, 11) is 0. The Balaban J connectivity index is 1.43. The minimum absolute atomic E-state index is 0.131. The molecule has 0 bridgehead atoms. The Kier molecular flexibility index (Phi) is 5.18. The van der Waals surface area contributed by atoms with E-state index in [1.165, 1.54) is 30.4 Å². The lowest BCUT2D eigenvalue weighted by Crippen LogP contribution is -2.41. The van der Waals surface area contributed by atoms with Gasteiger partial charge in [-0.3, -0.25) is 18.8 Å². The van der Waals surface area contributed by atoms with Crippen LogP contribution in [0.4, 0.5) is 0 Å². The van der Waals surface area contributed by atoms with Crippen molar-refractivity contribution >= 4 is 16.9 Å². The molecule has 2 atom stereocenters. The smallest absolute Gasteiger partial charge is 0.330 e. The van der Waals surface area contributed by atoms with Gasteiger partial charge in [-0.05, 0) is 62.3 Å². The fourth-order valence-corrected chi connectivity index (χ4v) is 5.61. The van der Waals surface area contributed by atoms with Crippen molar-refractivity contribution < 1.29 is 4.79 Å². The van der Waals surface area contributed by atoms with E-state index in [1.807, 2.05) is 28.8 Å². The molecule has 2 aromatic carbocycles. The molecular weight excluding hydrogens is 388 g/mol. The molecule has 0 saturated carbocycles. The van der Waals surface area contributed by atoms with Gasteiger partial charge in [0.25, 0.3) is 0 Å². The van der Waals surface area contributed by atoms with Crippen LogP contribution in [0.1, 0.15) is 61.9 Å². The number of hydrogen-bond acceptors (Lipinski definition) is 3. The van der Waals surface area contributed by atoms with Gasteiger partial charge in [-0.1, -0.05) is 36.4 Å². The van der Waals surface area contributed by atoms with Crippen LogP contribution < -0.4 is 11.4 Å². The van der Waals surface area contributed by atoms with Gasteiger partial charge in [-0.2, -0.15) is 0 Å². The number of rotatable bonds is 4. The molecule has 3 aromatic rings. The maximum atomic E-state index is 13.4. The van der Waals surface area contributed by atoms with Crippen LogP contribution in [0, 0.1) is 0 Å². The summed E-state index contributed by atoms with van der Waals surface area (Å²) in [6.07, 6.45) is 5.47. The van der Waals surface area contributed by atoms with Crippen LogP contribution in [-0.4, -0.2) is 33.0 Å². The number of fused-ring (bicyclic) bond motifs is 2. The maximum Gasteiger partial charge on any atom is 0.330 e. The number of carbonyl (C=O) groups excluding carboxylic acids is 1. The van der Waals surface area contributed by atoms with Crippen molar-refractivity contribution in [3.8, 4) is 0 Å². The highest BCUT2D eigenvalue weighted by Crippen LogP contribution is 2.37. The average molecular weight is 419 g/mol. The van der Waals surface area contributed by atoms with Gasteiger partial charge in [0.15, 0.2) is 0 Å². The number of hydrogen-bond donors (Lipinski definition) is 1. The fraction of sp³-hybridized carbons (Fsp3) is 0.440. The molecule has 1 aromatic heterocycles. The van der Waals surface area contributed by atoms with Crippen molar-refractivity contribution in [1.82, 2.24) is 14.0 Å². The van der Waals surface area contributed by atoms with Gasteiger partial charge < -0.3 is 5.73 Å². The van der Waals surface area contributed by atoms with Gasteiger partial charge in [0.1, 0.15) is 6.04 Å². The molecule has 2 aliphatic rings. The number of aromatic nitrogens is 2. The van der Waals surface area contributed by atoms with Gasteiger partial charge in [0.05, 0.1) is 11.0 Å². The number of imidazole rings is 1. The predicted octanol–water partition coefficient (Wildman–Crippen LogP) is 3.56. The molecule has 5 rings (SSSR count). The van der Waals surface area contributed by atoms with E-state index in [1.54, 1.807) is 11.5 Å². The normalized spacial score (nSPS) is 21.1. The van der Waals surface area contributed by atoms with Gasteiger partial charge in [0, 0.05) is 25.2 Å². The number of piperidine rings is 1. The molecule has 6 nitrogen and oxygen atoms in total. The first-order chi connectivity index (χ1) is 15.1. The van der Waals surface area contributed by atoms with Crippen LogP contribution in [0.3, 0.4) is 0 Å². The molecule has 2 unspecified atom stereocenters. The Bertz CT molecular complexity index is 1170. The third kappa shape index (κ3) is 3.39. The number of benzene rings is 2. The number of carbonyl (C=O) groups is 1. The molecule has 2 heterocycles. The minimum Gasteiger partial charge on any atom is -0.368 e. The number of likely N-dealkylation sites (tertiary alicyclic amines) is 1. The van der Waals surface area contributed by atoms with E-state index in [-0.39, 0.29) is 11.7 Å². The summed E-state index contributed by atoms with van der Waals surface area (Å²) < 4.78 is 3.46. The van der Waals surface area contributed by atoms with E-state index in [0.29, 0.717) is 6.04 Å². The van der Waals surface area contributed by atoms with E-state index in [0.717, 1.165) is 37.0 Å². The third-order valence-corrected chi connectivity index (χ3v) is 7.25. The van der Waals surface area contributed by atoms with Crippen LogP contribution in [-0.2, 0) is 11.2 Å². The number of aryl methyl sites for hydroxylation is 1. The minimum atomic E-state index is -0.669. The van der Waals surface area contributed by atoms with Gasteiger partial charge in [0.2, 0.25) is 5.91 Å². The molecule has 31 heavy (non-hydrogen) atoms. The second-order valence-corrected chi connectivity index (χ2v) is 8.96. The Morgan fingerprint density at radius 2 is 1.68 bits per heavy atom. The second kappa shape index (κ2) is 8.00. The molecule has 2 N–H and O–H groups in total.